The van der Waals surface area contributed by atoms with E-state index in [0.29, 0.717) is 0 Å². The van der Waals surface area contributed by atoms with Gasteiger partial charge in [0.25, 0.3) is 0 Å². The Morgan fingerprint density at radius 1 is 0.963 bits per heavy atom. The molecule has 0 aromatic heterocycles. The van der Waals surface area contributed by atoms with E-state index in [1.807, 2.05) is 0 Å². The lowest BCUT2D eigenvalue weighted by atomic mass is 9.73. The summed E-state index contributed by atoms with van der Waals surface area (Å²) in [5, 5.41) is 0. The molecule has 0 bridgehead atoms. The van der Waals surface area contributed by atoms with Gasteiger partial charge in [-0.25, -0.2) is 0 Å². The highest BCUT2D eigenvalue weighted by Crippen LogP contribution is 2.47. The largest absolute Gasteiger partial charge is 0.375 e. The Morgan fingerprint density at radius 3 is 2.33 bits per heavy atom. The molecule has 0 amide bonds. The van der Waals surface area contributed by atoms with E-state index in [0.717, 1.165) is 12.5 Å². The van der Waals surface area contributed by atoms with Gasteiger partial charge in [0.1, 0.15) is 0 Å². The van der Waals surface area contributed by atoms with Crippen LogP contribution in [0, 0.1) is 5.92 Å². The van der Waals surface area contributed by atoms with Crippen LogP contribution in [0.5, 0.6) is 0 Å². The minimum atomic E-state index is 0.169. The van der Waals surface area contributed by atoms with Gasteiger partial charge in [0.2, 0.25) is 0 Å². The molecule has 1 aliphatic carbocycles. The van der Waals surface area contributed by atoms with Gasteiger partial charge in [-0.3, -0.25) is 4.90 Å². The zero-order chi connectivity index (χ0) is 18.7. The highest BCUT2D eigenvalue weighted by molar-refractivity contribution is 5.20. The zero-order valence-electron chi connectivity index (χ0n) is 17.5. The van der Waals surface area contributed by atoms with Crippen LogP contribution in [0.2, 0.25) is 0 Å². The number of nitrogens with zero attached hydrogens (tertiary/aromatic N) is 2. The van der Waals surface area contributed by atoms with Crippen LogP contribution in [0.4, 0.5) is 0 Å². The number of piperazine rings is 1. The first-order chi connectivity index (χ1) is 13.1. The first-order valence-electron chi connectivity index (χ1n) is 11.2. The van der Waals surface area contributed by atoms with Crippen LogP contribution in [0.3, 0.4) is 0 Å². The highest BCUT2D eigenvalue weighted by Gasteiger charge is 2.50. The van der Waals surface area contributed by atoms with Crippen LogP contribution in [0.1, 0.15) is 57.9 Å². The Bertz CT molecular complexity index is 588. The smallest absolute Gasteiger partial charge is 0.0700 e. The molecule has 2 aliphatic heterocycles. The Labute approximate surface area is 166 Å². The minimum absolute atomic E-state index is 0.169. The van der Waals surface area contributed by atoms with Crippen molar-refractivity contribution in [3.8, 4) is 0 Å². The quantitative estimate of drug-likeness (QED) is 0.766. The van der Waals surface area contributed by atoms with E-state index in [1.54, 1.807) is 0 Å². The third-order valence-corrected chi connectivity index (χ3v) is 7.18. The topological polar surface area (TPSA) is 15.7 Å². The molecule has 1 aromatic rings. The normalized spacial score (nSPS) is 29.6. The second-order valence-corrected chi connectivity index (χ2v) is 9.73. The monoisotopic (exact) mass is 370 g/mol. The Kier molecular flexibility index (Phi) is 5.92. The number of hydrogen-bond acceptors (Lipinski definition) is 3. The van der Waals surface area contributed by atoms with Crippen LogP contribution in [0.25, 0.3) is 0 Å². The predicted octanol–water partition coefficient (Wildman–Crippen LogP) is 4.36. The van der Waals surface area contributed by atoms with Crippen molar-refractivity contribution < 1.29 is 4.74 Å². The van der Waals surface area contributed by atoms with E-state index in [2.05, 4.69) is 54.0 Å². The summed E-state index contributed by atoms with van der Waals surface area (Å²) in [7, 11) is 0. The first kappa shape index (κ1) is 19.4. The molecule has 1 unspecified atom stereocenters. The van der Waals surface area contributed by atoms with Gasteiger partial charge in [0.15, 0.2) is 0 Å². The third kappa shape index (κ3) is 4.41. The van der Waals surface area contributed by atoms with Gasteiger partial charge >= 0.3 is 0 Å². The average molecular weight is 371 g/mol. The summed E-state index contributed by atoms with van der Waals surface area (Å²) in [6.45, 7) is 11.7. The van der Waals surface area contributed by atoms with Gasteiger partial charge in [0.05, 0.1) is 5.60 Å². The molecule has 0 N–H and O–H groups in total. The summed E-state index contributed by atoms with van der Waals surface area (Å²) in [6, 6.07) is 11.2. The number of rotatable bonds is 5. The van der Waals surface area contributed by atoms with Crippen LogP contribution >= 0.6 is 0 Å². The van der Waals surface area contributed by atoms with Crippen molar-refractivity contribution in [2.24, 2.45) is 5.92 Å². The van der Waals surface area contributed by atoms with Gasteiger partial charge in [-0.2, -0.15) is 0 Å². The van der Waals surface area contributed by atoms with E-state index < -0.39 is 0 Å². The fourth-order valence-corrected chi connectivity index (χ4v) is 5.97. The molecular formula is C24H38N2O. The Hall–Kier alpha value is -0.900. The summed E-state index contributed by atoms with van der Waals surface area (Å²) in [6.07, 6.45) is 8.86. The van der Waals surface area contributed by atoms with E-state index in [-0.39, 0.29) is 11.1 Å². The van der Waals surface area contributed by atoms with Crippen molar-refractivity contribution in [1.29, 1.82) is 0 Å². The summed E-state index contributed by atoms with van der Waals surface area (Å²) in [5.41, 5.74) is 1.95. The van der Waals surface area contributed by atoms with Crippen molar-refractivity contribution in [2.45, 2.75) is 69.9 Å². The molecule has 1 saturated carbocycles. The first-order valence-corrected chi connectivity index (χ1v) is 11.2. The third-order valence-electron chi connectivity index (χ3n) is 7.18. The number of hydrogen-bond donors (Lipinski definition) is 0. The minimum Gasteiger partial charge on any atom is -0.375 e. The van der Waals surface area contributed by atoms with Crippen molar-refractivity contribution >= 4 is 0 Å². The van der Waals surface area contributed by atoms with Gasteiger partial charge in [-0.1, -0.05) is 57.0 Å². The van der Waals surface area contributed by atoms with Crippen molar-refractivity contribution in [1.82, 2.24) is 9.80 Å². The summed E-state index contributed by atoms with van der Waals surface area (Å²) < 4.78 is 6.45. The Balaban J connectivity index is 1.53. The molecule has 150 valence electrons. The second kappa shape index (κ2) is 8.23. The molecule has 3 nitrogen and oxygen atoms in total. The molecule has 4 rings (SSSR count). The maximum absolute atomic E-state index is 6.45. The predicted molar refractivity (Wildman–Crippen MR) is 112 cm³/mol. The highest BCUT2D eigenvalue weighted by atomic mass is 16.5. The zero-order valence-corrected chi connectivity index (χ0v) is 17.5. The fourth-order valence-electron chi connectivity index (χ4n) is 5.97. The molecule has 3 fully saturated rings. The summed E-state index contributed by atoms with van der Waals surface area (Å²) in [4.78, 5) is 5.53. The molecule has 1 atom stereocenters. The molecule has 0 radical (unpaired) electrons. The SMILES string of the molecule is CC(C)CN1CCN(C2(Cc3ccccc3)CCOC3(CCCC3)C2)CC1. The van der Waals surface area contributed by atoms with Crippen LogP contribution in [-0.4, -0.2) is 60.3 Å². The van der Waals surface area contributed by atoms with Crippen molar-refractivity contribution in [3.05, 3.63) is 35.9 Å². The molecule has 2 heterocycles. The lowest BCUT2D eigenvalue weighted by Gasteiger charge is -2.54. The molecule has 1 spiro atoms. The molecular weight excluding hydrogens is 332 g/mol. The molecule has 27 heavy (non-hydrogen) atoms. The molecule has 3 heteroatoms. The van der Waals surface area contributed by atoms with Crippen LogP contribution < -0.4 is 0 Å². The molecule has 2 saturated heterocycles. The van der Waals surface area contributed by atoms with E-state index in [4.69, 9.17) is 4.74 Å². The molecule has 3 aliphatic rings. The lowest BCUT2D eigenvalue weighted by Crippen LogP contribution is -2.63. The van der Waals surface area contributed by atoms with Crippen LogP contribution in [0.15, 0.2) is 30.3 Å². The van der Waals surface area contributed by atoms with Gasteiger partial charge in [-0.05, 0) is 43.6 Å². The van der Waals surface area contributed by atoms with E-state index >= 15 is 0 Å². The average Bonchev–Trinajstić information content (AvgIpc) is 3.10. The van der Waals surface area contributed by atoms with E-state index in [1.165, 1.54) is 83.2 Å². The summed E-state index contributed by atoms with van der Waals surface area (Å²) >= 11 is 0. The fraction of sp³-hybridized carbons (Fsp3) is 0.750. The summed E-state index contributed by atoms with van der Waals surface area (Å²) in [5.74, 6) is 0.764. The van der Waals surface area contributed by atoms with Gasteiger partial charge in [0, 0.05) is 44.9 Å². The maximum atomic E-state index is 6.45. The molecule has 1 aromatic carbocycles. The van der Waals surface area contributed by atoms with Gasteiger partial charge in [-0.15, -0.1) is 0 Å². The number of benzene rings is 1. The van der Waals surface area contributed by atoms with E-state index in [9.17, 15) is 0 Å². The van der Waals surface area contributed by atoms with Crippen molar-refractivity contribution in [2.75, 3.05) is 39.3 Å². The Morgan fingerprint density at radius 2 is 1.67 bits per heavy atom. The van der Waals surface area contributed by atoms with Crippen LogP contribution in [-0.2, 0) is 11.2 Å². The number of ether oxygens (including phenoxy) is 1. The standard InChI is InChI=1S/C24H38N2O/c1-21(2)19-25-13-15-26(16-14-25)23(18-22-8-4-3-5-9-22)12-17-27-24(20-23)10-6-7-11-24/h3-5,8-9,21H,6-7,10-20H2,1-2H3. The second-order valence-electron chi connectivity index (χ2n) is 9.73. The maximum Gasteiger partial charge on any atom is 0.0700 e. The van der Waals surface area contributed by atoms with Gasteiger partial charge < -0.3 is 9.64 Å². The lowest BCUT2D eigenvalue weighted by molar-refractivity contribution is -0.141. The van der Waals surface area contributed by atoms with Crippen molar-refractivity contribution in [3.63, 3.8) is 0 Å².